The van der Waals surface area contributed by atoms with Gasteiger partial charge in [0.1, 0.15) is 5.82 Å². The van der Waals surface area contributed by atoms with E-state index in [1.807, 2.05) is 49.5 Å². The van der Waals surface area contributed by atoms with Gasteiger partial charge in [-0.2, -0.15) is 0 Å². The second-order valence-electron chi connectivity index (χ2n) is 2.88. The van der Waals surface area contributed by atoms with Crippen LogP contribution in [0.25, 0.3) is 0 Å². The summed E-state index contributed by atoms with van der Waals surface area (Å²) in [5.41, 5.74) is 1.17. The molecule has 0 saturated carbocycles. The Morgan fingerprint density at radius 1 is 1.46 bits per heavy atom. The molecule has 0 radical (unpaired) electrons. The van der Waals surface area contributed by atoms with Gasteiger partial charge >= 0.3 is 0 Å². The third-order valence-electron chi connectivity index (χ3n) is 1.70. The first kappa shape index (κ1) is 9.52. The van der Waals surface area contributed by atoms with Crippen molar-refractivity contribution in [3.05, 3.63) is 48.8 Å². The fourth-order valence-electron chi connectivity index (χ4n) is 0.935. The maximum Gasteiger partial charge on any atom is 0.132 e. The lowest BCUT2D eigenvalue weighted by Gasteiger charge is -2.11. The van der Waals surface area contributed by atoms with Crippen LogP contribution in [0.15, 0.2) is 43.3 Å². The molecule has 0 bridgehead atoms. The highest BCUT2D eigenvalue weighted by atomic mass is 15.1. The lowest BCUT2D eigenvalue weighted by atomic mass is 10.3. The van der Waals surface area contributed by atoms with Crippen LogP contribution in [0.1, 0.15) is 5.56 Å². The first-order chi connectivity index (χ1) is 6.24. The molecule has 0 saturated heterocycles. The van der Waals surface area contributed by atoms with Gasteiger partial charge in [-0.15, -0.1) is 0 Å². The molecule has 0 aliphatic carbocycles. The van der Waals surface area contributed by atoms with Gasteiger partial charge in [0.05, 0.1) is 0 Å². The molecular formula is C11H14N2. The van der Waals surface area contributed by atoms with Crippen LogP contribution >= 0.6 is 0 Å². The smallest absolute Gasteiger partial charge is 0.132 e. The zero-order chi connectivity index (χ0) is 9.68. The minimum atomic E-state index is 0.934. The second kappa shape index (κ2) is 4.45. The van der Waals surface area contributed by atoms with Crippen molar-refractivity contribution in [2.75, 3.05) is 11.9 Å². The number of hydrogen-bond donors (Lipinski definition) is 0. The topological polar surface area (TPSA) is 16.1 Å². The molecule has 0 fully saturated rings. The molecule has 68 valence electrons. The molecule has 0 amide bonds. The SMILES string of the molecule is C=C/C=C\N(C)c1ccc(C)cn1. The fourth-order valence-corrected chi connectivity index (χ4v) is 0.935. The lowest BCUT2D eigenvalue weighted by molar-refractivity contribution is 1.11. The number of allylic oxidation sites excluding steroid dienone is 2. The van der Waals surface area contributed by atoms with E-state index in [4.69, 9.17) is 0 Å². The molecule has 1 heterocycles. The van der Waals surface area contributed by atoms with E-state index in [9.17, 15) is 0 Å². The van der Waals surface area contributed by atoms with Crippen LogP contribution in [0.5, 0.6) is 0 Å². The Labute approximate surface area is 79.2 Å². The number of aryl methyl sites for hydroxylation is 1. The van der Waals surface area contributed by atoms with Crippen molar-refractivity contribution in [2.45, 2.75) is 6.92 Å². The molecule has 0 aromatic carbocycles. The molecule has 0 N–H and O–H groups in total. The van der Waals surface area contributed by atoms with Crippen molar-refractivity contribution in [3.8, 4) is 0 Å². The number of anilines is 1. The standard InChI is InChI=1S/C11H14N2/c1-4-5-8-13(3)11-7-6-10(2)9-12-11/h4-9H,1H2,2-3H3/b8-5-. The van der Waals surface area contributed by atoms with E-state index in [1.54, 1.807) is 6.08 Å². The zero-order valence-corrected chi connectivity index (χ0v) is 8.07. The van der Waals surface area contributed by atoms with E-state index in [1.165, 1.54) is 5.56 Å². The number of pyridine rings is 1. The number of rotatable bonds is 3. The minimum absolute atomic E-state index is 0.934. The van der Waals surface area contributed by atoms with Crippen molar-refractivity contribution in [1.29, 1.82) is 0 Å². The van der Waals surface area contributed by atoms with E-state index < -0.39 is 0 Å². The third-order valence-corrected chi connectivity index (χ3v) is 1.70. The second-order valence-corrected chi connectivity index (χ2v) is 2.88. The molecule has 1 aromatic heterocycles. The summed E-state index contributed by atoms with van der Waals surface area (Å²) in [7, 11) is 1.96. The van der Waals surface area contributed by atoms with Crippen molar-refractivity contribution >= 4 is 5.82 Å². The van der Waals surface area contributed by atoms with Gasteiger partial charge in [-0.3, -0.25) is 0 Å². The van der Waals surface area contributed by atoms with Gasteiger partial charge in [0, 0.05) is 19.4 Å². The van der Waals surface area contributed by atoms with E-state index >= 15 is 0 Å². The van der Waals surface area contributed by atoms with Crippen LogP contribution in [0.3, 0.4) is 0 Å². The minimum Gasteiger partial charge on any atom is -0.336 e. The Bertz CT molecular complexity index is 298. The van der Waals surface area contributed by atoms with E-state index in [2.05, 4.69) is 11.6 Å². The quantitative estimate of drug-likeness (QED) is 0.654. The first-order valence-corrected chi connectivity index (χ1v) is 4.19. The average molecular weight is 174 g/mol. The predicted molar refractivity (Wildman–Crippen MR) is 56.7 cm³/mol. The van der Waals surface area contributed by atoms with Gasteiger partial charge in [0.15, 0.2) is 0 Å². The molecular weight excluding hydrogens is 160 g/mol. The van der Waals surface area contributed by atoms with Gasteiger partial charge in [0.25, 0.3) is 0 Å². The monoisotopic (exact) mass is 174 g/mol. The van der Waals surface area contributed by atoms with Gasteiger partial charge in [0.2, 0.25) is 0 Å². The fraction of sp³-hybridized carbons (Fsp3) is 0.182. The molecule has 0 atom stereocenters. The van der Waals surface area contributed by atoms with E-state index in [0.717, 1.165) is 5.82 Å². The number of nitrogens with zero attached hydrogens (tertiary/aromatic N) is 2. The van der Waals surface area contributed by atoms with Crippen LogP contribution in [-0.4, -0.2) is 12.0 Å². The summed E-state index contributed by atoms with van der Waals surface area (Å²) in [6, 6.07) is 4.03. The Kier molecular flexibility index (Phi) is 3.26. The summed E-state index contributed by atoms with van der Waals surface area (Å²) in [5.74, 6) is 0.934. The average Bonchev–Trinajstić information content (AvgIpc) is 2.15. The number of aromatic nitrogens is 1. The summed E-state index contributed by atoms with van der Waals surface area (Å²) in [4.78, 5) is 6.22. The Morgan fingerprint density at radius 2 is 2.23 bits per heavy atom. The van der Waals surface area contributed by atoms with Crippen LogP contribution < -0.4 is 4.90 Å². The maximum absolute atomic E-state index is 4.27. The number of hydrogen-bond acceptors (Lipinski definition) is 2. The van der Waals surface area contributed by atoms with Crippen LogP contribution in [0, 0.1) is 6.92 Å². The lowest BCUT2D eigenvalue weighted by Crippen LogP contribution is -2.09. The van der Waals surface area contributed by atoms with Gasteiger partial charge < -0.3 is 4.90 Å². The van der Waals surface area contributed by atoms with E-state index in [-0.39, 0.29) is 0 Å². The highest BCUT2D eigenvalue weighted by Crippen LogP contribution is 2.08. The first-order valence-electron chi connectivity index (χ1n) is 4.19. The Hall–Kier alpha value is -1.57. The maximum atomic E-state index is 4.27. The molecule has 1 rings (SSSR count). The van der Waals surface area contributed by atoms with Gasteiger partial charge in [-0.25, -0.2) is 4.98 Å². The summed E-state index contributed by atoms with van der Waals surface area (Å²) in [6.45, 7) is 5.63. The summed E-state index contributed by atoms with van der Waals surface area (Å²) >= 11 is 0. The van der Waals surface area contributed by atoms with Crippen molar-refractivity contribution < 1.29 is 0 Å². The molecule has 0 unspecified atom stereocenters. The normalized spacial score (nSPS) is 10.3. The molecule has 13 heavy (non-hydrogen) atoms. The largest absolute Gasteiger partial charge is 0.336 e. The summed E-state index contributed by atoms with van der Waals surface area (Å²) in [5, 5.41) is 0. The van der Waals surface area contributed by atoms with Crippen molar-refractivity contribution in [2.24, 2.45) is 0 Å². The predicted octanol–water partition coefficient (Wildman–Crippen LogP) is 2.53. The highest BCUT2D eigenvalue weighted by Gasteiger charge is 1.95. The highest BCUT2D eigenvalue weighted by molar-refractivity contribution is 5.41. The van der Waals surface area contributed by atoms with Crippen molar-refractivity contribution in [1.82, 2.24) is 4.98 Å². The van der Waals surface area contributed by atoms with E-state index in [0.29, 0.717) is 0 Å². The Morgan fingerprint density at radius 3 is 2.77 bits per heavy atom. The summed E-state index contributed by atoms with van der Waals surface area (Å²) in [6.07, 6.45) is 7.39. The zero-order valence-electron chi connectivity index (χ0n) is 8.07. The van der Waals surface area contributed by atoms with Gasteiger partial charge in [-0.05, 0) is 24.6 Å². The van der Waals surface area contributed by atoms with Crippen molar-refractivity contribution in [3.63, 3.8) is 0 Å². The molecule has 0 aliphatic rings. The molecule has 2 heteroatoms. The molecule has 0 aliphatic heterocycles. The Balaban J connectivity index is 2.77. The summed E-state index contributed by atoms with van der Waals surface area (Å²) < 4.78 is 0. The third kappa shape index (κ3) is 2.75. The molecule has 0 spiro atoms. The molecule has 1 aromatic rings. The molecule has 2 nitrogen and oxygen atoms in total. The van der Waals surface area contributed by atoms with Crippen LogP contribution in [0.2, 0.25) is 0 Å². The van der Waals surface area contributed by atoms with Crippen LogP contribution in [-0.2, 0) is 0 Å². The van der Waals surface area contributed by atoms with Crippen LogP contribution in [0.4, 0.5) is 5.82 Å². The van der Waals surface area contributed by atoms with Gasteiger partial charge in [-0.1, -0.05) is 18.7 Å².